The van der Waals surface area contributed by atoms with Gasteiger partial charge in [-0.1, -0.05) is 23.7 Å². The van der Waals surface area contributed by atoms with Gasteiger partial charge in [-0.3, -0.25) is 4.79 Å². The molecular weight excluding hydrogens is 248 g/mol. The van der Waals surface area contributed by atoms with Crippen LogP contribution in [-0.4, -0.2) is 19.0 Å². The molecule has 1 saturated heterocycles. The van der Waals surface area contributed by atoms with Crippen LogP contribution in [0.3, 0.4) is 0 Å². The molecule has 1 amide bonds. The maximum Gasteiger partial charge on any atom is 0.224 e. The molecule has 2 rings (SSSR count). The van der Waals surface area contributed by atoms with Crippen LogP contribution in [0.1, 0.15) is 31.4 Å². The van der Waals surface area contributed by atoms with Crippen LogP contribution >= 0.6 is 11.6 Å². The van der Waals surface area contributed by atoms with Crippen molar-refractivity contribution in [3.8, 4) is 0 Å². The van der Waals surface area contributed by atoms with Gasteiger partial charge in [-0.15, -0.1) is 0 Å². The molecule has 1 aromatic rings. The molecule has 0 radical (unpaired) electrons. The first-order valence-electron chi connectivity index (χ1n) is 6.43. The van der Waals surface area contributed by atoms with E-state index in [-0.39, 0.29) is 17.9 Å². The summed E-state index contributed by atoms with van der Waals surface area (Å²) in [4.78, 5) is 12.1. The number of hydrogen-bond donors (Lipinski definition) is 2. The molecule has 0 aliphatic carbocycles. The lowest BCUT2D eigenvalue weighted by Gasteiger charge is -2.24. The van der Waals surface area contributed by atoms with Crippen LogP contribution in [0.15, 0.2) is 24.3 Å². The SMILES string of the molecule is CC(NC(=O)[C@@H]1CCCNC1)c1ccc(Cl)cc1. The molecule has 1 heterocycles. The van der Waals surface area contributed by atoms with Gasteiger partial charge in [0.15, 0.2) is 0 Å². The predicted octanol–water partition coefficient (Wildman–Crippen LogP) is 2.52. The Bertz CT molecular complexity index is 399. The van der Waals surface area contributed by atoms with E-state index in [9.17, 15) is 4.79 Å². The second-order valence-corrected chi connectivity index (χ2v) is 5.26. The summed E-state index contributed by atoms with van der Waals surface area (Å²) in [6.07, 6.45) is 2.06. The van der Waals surface area contributed by atoms with Crippen LogP contribution in [0.2, 0.25) is 5.02 Å². The molecule has 1 aliphatic rings. The van der Waals surface area contributed by atoms with Gasteiger partial charge in [-0.25, -0.2) is 0 Å². The minimum Gasteiger partial charge on any atom is -0.349 e. The van der Waals surface area contributed by atoms with E-state index in [1.54, 1.807) is 0 Å². The molecule has 2 N–H and O–H groups in total. The number of piperidine rings is 1. The third kappa shape index (κ3) is 3.47. The summed E-state index contributed by atoms with van der Waals surface area (Å²) in [5.41, 5.74) is 1.08. The van der Waals surface area contributed by atoms with Gasteiger partial charge in [0.1, 0.15) is 0 Å². The lowest BCUT2D eigenvalue weighted by atomic mass is 9.98. The van der Waals surface area contributed by atoms with Gasteiger partial charge in [0.05, 0.1) is 12.0 Å². The fraction of sp³-hybridized carbons (Fsp3) is 0.500. The fourth-order valence-corrected chi connectivity index (χ4v) is 2.37. The molecule has 0 aromatic heterocycles. The van der Waals surface area contributed by atoms with Crippen molar-refractivity contribution in [2.75, 3.05) is 13.1 Å². The third-order valence-electron chi connectivity index (χ3n) is 3.40. The van der Waals surface area contributed by atoms with E-state index in [1.807, 2.05) is 31.2 Å². The van der Waals surface area contributed by atoms with E-state index < -0.39 is 0 Å². The summed E-state index contributed by atoms with van der Waals surface area (Å²) in [5, 5.41) is 7.04. The average molecular weight is 267 g/mol. The van der Waals surface area contributed by atoms with Gasteiger partial charge < -0.3 is 10.6 Å². The van der Waals surface area contributed by atoms with Gasteiger partial charge >= 0.3 is 0 Å². The highest BCUT2D eigenvalue weighted by Gasteiger charge is 2.22. The first-order valence-corrected chi connectivity index (χ1v) is 6.81. The van der Waals surface area contributed by atoms with Crippen LogP contribution in [0.25, 0.3) is 0 Å². The van der Waals surface area contributed by atoms with Gasteiger partial charge in [-0.05, 0) is 44.0 Å². The van der Waals surface area contributed by atoms with Crippen LogP contribution in [0, 0.1) is 5.92 Å². The molecule has 1 fully saturated rings. The first kappa shape index (κ1) is 13.4. The van der Waals surface area contributed by atoms with Crippen LogP contribution in [-0.2, 0) is 4.79 Å². The van der Waals surface area contributed by atoms with Crippen molar-refractivity contribution in [2.45, 2.75) is 25.8 Å². The van der Waals surface area contributed by atoms with Crippen molar-refractivity contribution in [1.29, 1.82) is 0 Å². The van der Waals surface area contributed by atoms with E-state index in [2.05, 4.69) is 10.6 Å². The number of halogens is 1. The van der Waals surface area contributed by atoms with Crippen molar-refractivity contribution in [1.82, 2.24) is 10.6 Å². The molecule has 98 valence electrons. The molecule has 0 bridgehead atoms. The number of hydrogen-bond acceptors (Lipinski definition) is 2. The maximum absolute atomic E-state index is 12.1. The van der Waals surface area contributed by atoms with Gasteiger partial charge in [0, 0.05) is 11.6 Å². The second kappa shape index (κ2) is 6.21. The zero-order chi connectivity index (χ0) is 13.0. The fourth-order valence-electron chi connectivity index (χ4n) is 2.24. The summed E-state index contributed by atoms with van der Waals surface area (Å²) in [6, 6.07) is 7.62. The Kier molecular flexibility index (Phi) is 4.61. The number of benzene rings is 1. The molecule has 1 aliphatic heterocycles. The van der Waals surface area contributed by atoms with Crippen molar-refractivity contribution in [3.05, 3.63) is 34.9 Å². The smallest absolute Gasteiger partial charge is 0.224 e. The quantitative estimate of drug-likeness (QED) is 0.883. The van der Waals surface area contributed by atoms with E-state index in [1.165, 1.54) is 0 Å². The monoisotopic (exact) mass is 266 g/mol. The summed E-state index contributed by atoms with van der Waals surface area (Å²) in [6.45, 7) is 3.81. The van der Waals surface area contributed by atoms with E-state index in [4.69, 9.17) is 11.6 Å². The van der Waals surface area contributed by atoms with Gasteiger partial charge in [-0.2, -0.15) is 0 Å². The number of carbonyl (C=O) groups is 1. The summed E-state index contributed by atoms with van der Waals surface area (Å²) in [5.74, 6) is 0.248. The molecule has 18 heavy (non-hydrogen) atoms. The van der Waals surface area contributed by atoms with Crippen molar-refractivity contribution >= 4 is 17.5 Å². The lowest BCUT2D eigenvalue weighted by Crippen LogP contribution is -2.41. The van der Waals surface area contributed by atoms with Crippen LogP contribution in [0.5, 0.6) is 0 Å². The Morgan fingerprint density at radius 3 is 2.78 bits per heavy atom. The topological polar surface area (TPSA) is 41.1 Å². The largest absolute Gasteiger partial charge is 0.349 e. The highest BCUT2D eigenvalue weighted by atomic mass is 35.5. The number of amides is 1. The lowest BCUT2D eigenvalue weighted by molar-refractivity contribution is -0.126. The minimum absolute atomic E-state index is 0.0247. The Balaban J connectivity index is 1.91. The Labute approximate surface area is 113 Å². The second-order valence-electron chi connectivity index (χ2n) is 4.83. The number of nitrogens with one attached hydrogen (secondary N) is 2. The highest BCUT2D eigenvalue weighted by Crippen LogP contribution is 2.17. The van der Waals surface area contributed by atoms with Crippen LogP contribution in [0.4, 0.5) is 0 Å². The maximum atomic E-state index is 12.1. The van der Waals surface area contributed by atoms with Gasteiger partial charge in [0.2, 0.25) is 5.91 Å². The molecule has 0 spiro atoms. The number of carbonyl (C=O) groups excluding carboxylic acids is 1. The van der Waals surface area contributed by atoms with Crippen molar-refractivity contribution in [3.63, 3.8) is 0 Å². The Morgan fingerprint density at radius 2 is 2.17 bits per heavy atom. The molecule has 4 heteroatoms. The van der Waals surface area contributed by atoms with E-state index >= 15 is 0 Å². The molecule has 1 unspecified atom stereocenters. The summed E-state index contributed by atoms with van der Waals surface area (Å²) < 4.78 is 0. The summed E-state index contributed by atoms with van der Waals surface area (Å²) >= 11 is 5.85. The molecule has 3 nitrogen and oxygen atoms in total. The van der Waals surface area contributed by atoms with Crippen LogP contribution < -0.4 is 10.6 Å². The Morgan fingerprint density at radius 1 is 1.44 bits per heavy atom. The highest BCUT2D eigenvalue weighted by molar-refractivity contribution is 6.30. The Hall–Kier alpha value is -1.06. The summed E-state index contributed by atoms with van der Waals surface area (Å²) in [7, 11) is 0. The predicted molar refractivity (Wildman–Crippen MR) is 73.6 cm³/mol. The van der Waals surface area contributed by atoms with Gasteiger partial charge in [0.25, 0.3) is 0 Å². The molecular formula is C14H19ClN2O. The molecule has 0 saturated carbocycles. The first-order chi connectivity index (χ1) is 8.66. The normalized spacial score (nSPS) is 21.3. The average Bonchev–Trinajstić information content (AvgIpc) is 2.40. The van der Waals surface area contributed by atoms with Crippen molar-refractivity contribution < 1.29 is 4.79 Å². The number of rotatable bonds is 3. The molecule has 2 atom stereocenters. The van der Waals surface area contributed by atoms with E-state index in [0.29, 0.717) is 5.02 Å². The molecule has 1 aromatic carbocycles. The van der Waals surface area contributed by atoms with E-state index in [0.717, 1.165) is 31.5 Å². The standard InChI is InChI=1S/C14H19ClN2O/c1-10(11-4-6-13(15)7-5-11)17-14(18)12-3-2-8-16-9-12/h4-7,10,12,16H,2-3,8-9H2,1H3,(H,17,18)/t10?,12-/m1/s1. The minimum atomic E-state index is 0.0247. The van der Waals surface area contributed by atoms with Crippen molar-refractivity contribution in [2.24, 2.45) is 5.92 Å². The zero-order valence-corrected chi connectivity index (χ0v) is 11.3. The zero-order valence-electron chi connectivity index (χ0n) is 10.6. The third-order valence-corrected chi connectivity index (χ3v) is 3.65.